The van der Waals surface area contributed by atoms with E-state index in [-0.39, 0.29) is 29.0 Å². The second kappa shape index (κ2) is 7.15. The summed E-state index contributed by atoms with van der Waals surface area (Å²) in [4.78, 5) is 28.3. The van der Waals surface area contributed by atoms with Crippen LogP contribution in [0.5, 0.6) is 0 Å². The molecule has 1 unspecified atom stereocenters. The average Bonchev–Trinajstić information content (AvgIpc) is 3.29. The number of carbonyl (C=O) groups excluding carboxylic acids is 1. The summed E-state index contributed by atoms with van der Waals surface area (Å²) >= 11 is 0. The lowest BCUT2D eigenvalue weighted by Gasteiger charge is -2.35. The number of carbonyl (C=O) groups is 1. The zero-order valence-electron chi connectivity index (χ0n) is 17.2. The number of piperidine rings is 1. The fourth-order valence-corrected chi connectivity index (χ4v) is 5.47. The van der Waals surface area contributed by atoms with Crippen LogP contribution in [0.1, 0.15) is 74.7 Å². The maximum atomic E-state index is 13.5. The van der Waals surface area contributed by atoms with Gasteiger partial charge < -0.3 is 4.90 Å². The third-order valence-electron chi connectivity index (χ3n) is 7.23. The van der Waals surface area contributed by atoms with E-state index >= 15 is 0 Å². The van der Waals surface area contributed by atoms with Crippen LogP contribution < -0.4 is 5.69 Å². The zero-order chi connectivity index (χ0) is 20.0. The third kappa shape index (κ3) is 3.13. The van der Waals surface area contributed by atoms with E-state index in [9.17, 15) is 9.59 Å². The molecular formula is C23H30N4O2. The van der Waals surface area contributed by atoms with Crippen molar-refractivity contribution in [1.82, 2.24) is 19.2 Å². The van der Waals surface area contributed by atoms with E-state index in [4.69, 9.17) is 0 Å². The van der Waals surface area contributed by atoms with Crippen molar-refractivity contribution in [2.24, 2.45) is 7.05 Å². The third-order valence-corrected chi connectivity index (χ3v) is 7.23. The van der Waals surface area contributed by atoms with Gasteiger partial charge in [0.05, 0.1) is 5.41 Å². The predicted octanol–water partition coefficient (Wildman–Crippen LogP) is 3.13. The minimum atomic E-state index is -0.321. The normalized spacial score (nSPS) is 24.0. The number of amides is 1. The Balaban J connectivity index is 1.40. The van der Waals surface area contributed by atoms with Crippen molar-refractivity contribution in [3.8, 4) is 0 Å². The number of nitrogens with zero attached hydrogens (tertiary/aromatic N) is 4. The monoisotopic (exact) mass is 394 g/mol. The molecule has 0 radical (unpaired) electrons. The Morgan fingerprint density at radius 1 is 1.07 bits per heavy atom. The van der Waals surface area contributed by atoms with Crippen LogP contribution in [0, 0.1) is 0 Å². The van der Waals surface area contributed by atoms with Crippen LogP contribution in [0.15, 0.2) is 35.1 Å². The van der Waals surface area contributed by atoms with Gasteiger partial charge in [0.1, 0.15) is 5.82 Å². The first-order valence-corrected chi connectivity index (χ1v) is 11.1. The lowest BCUT2D eigenvalue weighted by atomic mass is 9.91. The topological polar surface area (TPSA) is 60.1 Å². The van der Waals surface area contributed by atoms with Crippen LogP contribution in [-0.4, -0.2) is 38.2 Å². The first kappa shape index (κ1) is 18.6. The molecule has 2 aromatic rings. The SMILES string of the molecule is Cn1nc(C2CCCN(C(=O)C3(c4ccccc4)CC3)C2)n(C2CCCC2)c1=O. The summed E-state index contributed by atoms with van der Waals surface area (Å²) in [5, 5.41) is 4.64. The number of benzene rings is 1. The molecule has 2 aliphatic carbocycles. The highest BCUT2D eigenvalue weighted by Gasteiger charge is 2.53. The summed E-state index contributed by atoms with van der Waals surface area (Å²) in [7, 11) is 1.75. The van der Waals surface area contributed by atoms with E-state index in [0.717, 1.165) is 56.5 Å². The van der Waals surface area contributed by atoms with Crippen molar-refractivity contribution in [3.05, 3.63) is 52.2 Å². The van der Waals surface area contributed by atoms with Gasteiger partial charge in [0.25, 0.3) is 0 Å². The van der Waals surface area contributed by atoms with Crippen molar-refractivity contribution in [2.75, 3.05) is 13.1 Å². The van der Waals surface area contributed by atoms with Crippen molar-refractivity contribution in [2.45, 2.75) is 68.7 Å². The Morgan fingerprint density at radius 2 is 1.79 bits per heavy atom. The Morgan fingerprint density at radius 3 is 2.48 bits per heavy atom. The van der Waals surface area contributed by atoms with Crippen LogP contribution in [0.25, 0.3) is 0 Å². The smallest absolute Gasteiger partial charge is 0.341 e. The number of rotatable bonds is 4. The lowest BCUT2D eigenvalue weighted by molar-refractivity contribution is -0.135. The summed E-state index contributed by atoms with van der Waals surface area (Å²) in [6.07, 6.45) is 8.32. The summed E-state index contributed by atoms with van der Waals surface area (Å²) in [5.74, 6) is 1.30. The van der Waals surface area contributed by atoms with Gasteiger partial charge in [-0.15, -0.1) is 0 Å². The van der Waals surface area contributed by atoms with Crippen molar-refractivity contribution in [3.63, 3.8) is 0 Å². The molecule has 29 heavy (non-hydrogen) atoms. The molecule has 1 aromatic heterocycles. The highest BCUT2D eigenvalue weighted by molar-refractivity contribution is 5.91. The molecule has 154 valence electrons. The van der Waals surface area contributed by atoms with Crippen molar-refractivity contribution < 1.29 is 4.79 Å². The molecule has 1 atom stereocenters. The predicted molar refractivity (Wildman–Crippen MR) is 111 cm³/mol. The fourth-order valence-electron chi connectivity index (χ4n) is 5.47. The number of aryl methyl sites for hydroxylation is 1. The molecule has 6 heteroatoms. The lowest BCUT2D eigenvalue weighted by Crippen LogP contribution is -2.45. The molecule has 3 fully saturated rings. The van der Waals surface area contributed by atoms with Crippen molar-refractivity contribution >= 4 is 5.91 Å². The molecule has 1 aromatic carbocycles. The Bertz CT molecular complexity index is 951. The fraction of sp³-hybridized carbons (Fsp3) is 0.609. The largest absolute Gasteiger partial charge is 0.345 e. The summed E-state index contributed by atoms with van der Waals surface area (Å²) in [5.41, 5.74) is 0.824. The molecule has 1 aliphatic heterocycles. The number of hydrogen-bond donors (Lipinski definition) is 0. The summed E-state index contributed by atoms with van der Waals surface area (Å²) in [6, 6.07) is 10.5. The quantitative estimate of drug-likeness (QED) is 0.800. The number of likely N-dealkylation sites (tertiary alicyclic amines) is 1. The van der Waals surface area contributed by atoms with E-state index in [2.05, 4.69) is 17.2 Å². The van der Waals surface area contributed by atoms with Gasteiger partial charge >= 0.3 is 5.69 Å². The van der Waals surface area contributed by atoms with Gasteiger partial charge in [0.15, 0.2) is 0 Å². The molecule has 0 spiro atoms. The van der Waals surface area contributed by atoms with Gasteiger partial charge in [-0.05, 0) is 44.1 Å². The maximum Gasteiger partial charge on any atom is 0.345 e. The maximum absolute atomic E-state index is 13.5. The highest BCUT2D eigenvalue weighted by atomic mass is 16.2. The van der Waals surface area contributed by atoms with Crippen molar-refractivity contribution in [1.29, 1.82) is 0 Å². The van der Waals surface area contributed by atoms with Crippen LogP contribution in [0.4, 0.5) is 0 Å². The van der Waals surface area contributed by atoms with Crippen LogP contribution >= 0.6 is 0 Å². The first-order valence-electron chi connectivity index (χ1n) is 11.1. The van der Waals surface area contributed by atoms with Crippen LogP contribution in [0.3, 0.4) is 0 Å². The minimum Gasteiger partial charge on any atom is -0.341 e. The minimum absolute atomic E-state index is 0.00158. The average molecular weight is 395 g/mol. The van der Waals surface area contributed by atoms with E-state index in [1.807, 2.05) is 27.7 Å². The molecule has 3 aliphatic rings. The molecule has 1 saturated heterocycles. The first-order chi connectivity index (χ1) is 14.1. The molecule has 5 rings (SSSR count). The Kier molecular flexibility index (Phi) is 4.60. The van der Waals surface area contributed by atoms with E-state index in [1.54, 1.807) is 7.05 Å². The second-order valence-electron chi connectivity index (χ2n) is 9.11. The molecule has 6 nitrogen and oxygen atoms in total. The van der Waals surface area contributed by atoms with Crippen LogP contribution in [-0.2, 0) is 17.3 Å². The van der Waals surface area contributed by atoms with Gasteiger partial charge in [-0.1, -0.05) is 43.2 Å². The molecule has 0 N–H and O–H groups in total. The molecule has 1 amide bonds. The Labute approximate surface area is 171 Å². The Hall–Kier alpha value is -2.37. The molecule has 2 heterocycles. The zero-order valence-corrected chi connectivity index (χ0v) is 17.2. The molecule has 0 bridgehead atoms. The number of aromatic nitrogens is 3. The summed E-state index contributed by atoms with van der Waals surface area (Å²) in [6.45, 7) is 1.49. The van der Waals surface area contributed by atoms with E-state index in [0.29, 0.717) is 6.54 Å². The van der Waals surface area contributed by atoms with Gasteiger partial charge in [-0.3, -0.25) is 9.36 Å². The second-order valence-corrected chi connectivity index (χ2v) is 9.11. The van der Waals surface area contributed by atoms with E-state index in [1.165, 1.54) is 17.5 Å². The highest BCUT2D eigenvalue weighted by Crippen LogP contribution is 2.50. The standard InChI is InChI=1S/C23H30N4O2/c1-25-22(29)27(19-11-5-6-12-19)20(24-25)17-8-7-15-26(16-17)21(28)23(13-14-23)18-9-3-2-4-10-18/h2-4,9-10,17,19H,5-8,11-16H2,1H3. The van der Waals surface area contributed by atoms with Gasteiger partial charge in [-0.25, -0.2) is 9.48 Å². The van der Waals surface area contributed by atoms with Gasteiger partial charge in [0, 0.05) is 32.1 Å². The van der Waals surface area contributed by atoms with Gasteiger partial charge in [0.2, 0.25) is 5.91 Å². The van der Waals surface area contributed by atoms with E-state index < -0.39 is 0 Å². The molecular weight excluding hydrogens is 364 g/mol. The summed E-state index contributed by atoms with van der Waals surface area (Å²) < 4.78 is 3.44. The van der Waals surface area contributed by atoms with Crippen LogP contribution in [0.2, 0.25) is 0 Å². The molecule has 2 saturated carbocycles. The van der Waals surface area contributed by atoms with Gasteiger partial charge in [-0.2, -0.15) is 5.10 Å². The number of hydrogen-bond acceptors (Lipinski definition) is 3.